The van der Waals surface area contributed by atoms with Gasteiger partial charge in [-0.15, -0.1) is 0 Å². The summed E-state index contributed by atoms with van der Waals surface area (Å²) >= 11 is 0. The third-order valence-electron chi connectivity index (χ3n) is 6.79. The van der Waals surface area contributed by atoms with Crippen LogP contribution in [-0.4, -0.2) is 66.2 Å². The molecular formula is C28H35FN2O3. The van der Waals surface area contributed by atoms with Crippen molar-refractivity contribution in [2.24, 2.45) is 5.92 Å². The third-order valence-corrected chi connectivity index (χ3v) is 6.79. The van der Waals surface area contributed by atoms with Gasteiger partial charge in [-0.2, -0.15) is 0 Å². The van der Waals surface area contributed by atoms with Crippen LogP contribution in [0.3, 0.4) is 0 Å². The highest BCUT2D eigenvalue weighted by molar-refractivity contribution is 5.92. The van der Waals surface area contributed by atoms with E-state index in [1.54, 1.807) is 12.2 Å². The first kappa shape index (κ1) is 24.4. The molecule has 2 heterocycles. The monoisotopic (exact) mass is 466 g/mol. The Balaban J connectivity index is 1.20. The Kier molecular flexibility index (Phi) is 8.72. The largest absolute Gasteiger partial charge is 0.490 e. The molecule has 4 rings (SSSR count). The summed E-state index contributed by atoms with van der Waals surface area (Å²) in [5.41, 5.74) is 2.02. The summed E-state index contributed by atoms with van der Waals surface area (Å²) in [7, 11) is 0. The van der Waals surface area contributed by atoms with Crippen LogP contribution >= 0.6 is 0 Å². The quantitative estimate of drug-likeness (QED) is 0.564. The molecule has 1 unspecified atom stereocenters. The number of piperidine rings is 1. The van der Waals surface area contributed by atoms with Gasteiger partial charge in [0, 0.05) is 31.3 Å². The fourth-order valence-electron chi connectivity index (χ4n) is 4.82. The van der Waals surface area contributed by atoms with Gasteiger partial charge in [-0.25, -0.2) is 4.39 Å². The van der Waals surface area contributed by atoms with E-state index in [0.29, 0.717) is 18.2 Å². The molecule has 0 radical (unpaired) electrons. The van der Waals surface area contributed by atoms with Crippen molar-refractivity contribution in [2.75, 3.05) is 39.3 Å². The Morgan fingerprint density at radius 2 is 1.76 bits per heavy atom. The number of β-amino-alcohol motifs (C(OH)–C–C–N with tert-alkyl or cyclic N) is 1. The summed E-state index contributed by atoms with van der Waals surface area (Å²) in [5.74, 6) is 1.11. The molecule has 0 aliphatic carbocycles. The summed E-state index contributed by atoms with van der Waals surface area (Å²) in [5, 5.41) is 10.6. The molecule has 6 heteroatoms. The number of amides is 1. The van der Waals surface area contributed by atoms with E-state index in [1.807, 2.05) is 41.3 Å². The normalized spacial score (nSPS) is 18.5. The maximum atomic E-state index is 13.1. The van der Waals surface area contributed by atoms with Crippen molar-refractivity contribution >= 4 is 12.0 Å². The fourth-order valence-corrected chi connectivity index (χ4v) is 4.82. The smallest absolute Gasteiger partial charge is 0.246 e. The second kappa shape index (κ2) is 12.1. The molecular weight excluding hydrogens is 431 g/mol. The van der Waals surface area contributed by atoms with Gasteiger partial charge >= 0.3 is 0 Å². The van der Waals surface area contributed by atoms with Gasteiger partial charge in [-0.05, 0) is 81.0 Å². The number of rotatable bonds is 9. The Hall–Kier alpha value is -2.70. The number of nitrogens with zero attached hydrogens (tertiary/aromatic N) is 2. The minimum Gasteiger partial charge on any atom is -0.490 e. The van der Waals surface area contributed by atoms with Crippen molar-refractivity contribution in [1.29, 1.82) is 0 Å². The molecule has 0 saturated carbocycles. The predicted molar refractivity (Wildman–Crippen MR) is 132 cm³/mol. The first-order valence-corrected chi connectivity index (χ1v) is 12.4. The average molecular weight is 467 g/mol. The molecule has 0 aromatic heterocycles. The highest BCUT2D eigenvalue weighted by atomic mass is 19.1. The Morgan fingerprint density at radius 3 is 2.50 bits per heavy atom. The SMILES string of the molecule is O=C(C=Cc1ccccc1OCC(O)CN1CCC(Cc2ccc(F)cc2)CC1)N1CCCC1. The molecule has 1 amide bonds. The van der Waals surface area contributed by atoms with Crippen molar-refractivity contribution in [3.63, 3.8) is 0 Å². The number of hydrogen-bond acceptors (Lipinski definition) is 4. The number of likely N-dealkylation sites (tertiary alicyclic amines) is 2. The fraction of sp³-hybridized carbons (Fsp3) is 0.464. The van der Waals surface area contributed by atoms with Crippen molar-refractivity contribution < 1.29 is 19.0 Å². The molecule has 2 aliphatic rings. The van der Waals surface area contributed by atoms with Crippen molar-refractivity contribution in [2.45, 2.75) is 38.2 Å². The number of carbonyl (C=O) groups excluding carboxylic acids is 1. The number of benzene rings is 2. The van der Waals surface area contributed by atoms with Crippen LogP contribution < -0.4 is 4.74 Å². The van der Waals surface area contributed by atoms with E-state index in [4.69, 9.17) is 4.74 Å². The summed E-state index contributed by atoms with van der Waals surface area (Å²) in [4.78, 5) is 16.4. The first-order chi connectivity index (χ1) is 16.6. The van der Waals surface area contributed by atoms with Crippen molar-refractivity contribution in [3.8, 4) is 5.75 Å². The Labute approximate surface area is 201 Å². The first-order valence-electron chi connectivity index (χ1n) is 12.4. The maximum absolute atomic E-state index is 13.1. The summed E-state index contributed by atoms with van der Waals surface area (Å²) < 4.78 is 19.0. The topological polar surface area (TPSA) is 53.0 Å². The molecule has 2 fully saturated rings. The van der Waals surface area contributed by atoms with E-state index >= 15 is 0 Å². The molecule has 2 aliphatic heterocycles. The summed E-state index contributed by atoms with van der Waals surface area (Å²) in [6.07, 6.45) is 8.09. The van der Waals surface area contributed by atoms with Gasteiger partial charge in [-0.3, -0.25) is 4.79 Å². The molecule has 0 spiro atoms. The van der Waals surface area contributed by atoms with Crippen LogP contribution in [0.25, 0.3) is 6.08 Å². The molecule has 182 valence electrons. The van der Waals surface area contributed by atoms with Crippen LogP contribution in [0.5, 0.6) is 5.75 Å². The molecule has 1 atom stereocenters. The summed E-state index contributed by atoms with van der Waals surface area (Å²) in [6, 6.07) is 14.4. The highest BCUT2D eigenvalue weighted by Crippen LogP contribution is 2.23. The minimum atomic E-state index is -0.586. The number of aliphatic hydroxyl groups excluding tert-OH is 1. The zero-order valence-electron chi connectivity index (χ0n) is 19.7. The molecule has 2 aromatic rings. The summed E-state index contributed by atoms with van der Waals surface area (Å²) in [6.45, 7) is 4.34. The van der Waals surface area contributed by atoms with Crippen LogP contribution in [0, 0.1) is 11.7 Å². The van der Waals surface area contributed by atoms with Gasteiger partial charge in [0.2, 0.25) is 5.91 Å². The van der Waals surface area contributed by atoms with E-state index in [9.17, 15) is 14.3 Å². The standard InChI is InChI=1S/C28H35FN2O3/c29-25-10-7-22(8-11-25)19-23-13-17-30(18-14-23)20-26(32)21-34-27-6-2-1-5-24(27)9-12-28(33)31-15-3-4-16-31/h1-2,5-12,23,26,32H,3-4,13-21H2. The van der Waals surface area contributed by atoms with E-state index in [0.717, 1.165) is 63.8 Å². The zero-order chi connectivity index (χ0) is 23.8. The zero-order valence-corrected chi connectivity index (χ0v) is 19.7. The molecule has 0 bridgehead atoms. The van der Waals surface area contributed by atoms with E-state index in [-0.39, 0.29) is 18.3 Å². The molecule has 5 nitrogen and oxygen atoms in total. The van der Waals surface area contributed by atoms with Gasteiger partial charge in [0.25, 0.3) is 0 Å². The predicted octanol–water partition coefficient (Wildman–Crippen LogP) is 4.16. The van der Waals surface area contributed by atoms with Crippen LogP contribution in [0.15, 0.2) is 54.6 Å². The van der Waals surface area contributed by atoms with Crippen LogP contribution in [0.2, 0.25) is 0 Å². The number of ether oxygens (including phenoxy) is 1. The molecule has 34 heavy (non-hydrogen) atoms. The molecule has 2 aromatic carbocycles. The van der Waals surface area contributed by atoms with E-state index < -0.39 is 6.10 Å². The Bertz CT molecular complexity index is 948. The third kappa shape index (κ3) is 7.15. The Morgan fingerprint density at radius 1 is 1.06 bits per heavy atom. The number of halogens is 1. The average Bonchev–Trinajstić information content (AvgIpc) is 3.40. The van der Waals surface area contributed by atoms with E-state index in [2.05, 4.69) is 4.90 Å². The number of aliphatic hydroxyl groups is 1. The lowest BCUT2D eigenvalue weighted by Gasteiger charge is -2.33. The van der Waals surface area contributed by atoms with Crippen LogP contribution in [0.1, 0.15) is 36.8 Å². The highest BCUT2D eigenvalue weighted by Gasteiger charge is 2.22. The lowest BCUT2D eigenvalue weighted by molar-refractivity contribution is -0.124. The van der Waals surface area contributed by atoms with Gasteiger partial charge < -0.3 is 19.6 Å². The van der Waals surface area contributed by atoms with Crippen molar-refractivity contribution in [3.05, 3.63) is 71.6 Å². The van der Waals surface area contributed by atoms with Gasteiger partial charge in [0.05, 0.1) is 0 Å². The number of para-hydroxylation sites is 1. The van der Waals surface area contributed by atoms with E-state index in [1.165, 1.54) is 17.7 Å². The lowest BCUT2D eigenvalue weighted by atomic mass is 9.90. The molecule has 2 saturated heterocycles. The second-order valence-corrected chi connectivity index (χ2v) is 9.44. The second-order valence-electron chi connectivity index (χ2n) is 9.44. The van der Waals surface area contributed by atoms with Crippen LogP contribution in [0.4, 0.5) is 4.39 Å². The van der Waals surface area contributed by atoms with Crippen molar-refractivity contribution in [1.82, 2.24) is 9.80 Å². The molecule has 1 N–H and O–H groups in total. The lowest BCUT2D eigenvalue weighted by Crippen LogP contribution is -2.41. The maximum Gasteiger partial charge on any atom is 0.246 e. The van der Waals surface area contributed by atoms with Crippen LogP contribution in [-0.2, 0) is 11.2 Å². The minimum absolute atomic E-state index is 0.0372. The van der Waals surface area contributed by atoms with Gasteiger partial charge in [-0.1, -0.05) is 30.3 Å². The number of carbonyl (C=O) groups is 1. The van der Waals surface area contributed by atoms with Gasteiger partial charge in [0.15, 0.2) is 0 Å². The number of hydrogen-bond donors (Lipinski definition) is 1. The van der Waals surface area contributed by atoms with Gasteiger partial charge in [0.1, 0.15) is 24.3 Å².